The van der Waals surface area contributed by atoms with Crippen molar-refractivity contribution in [3.8, 4) is 17.1 Å². The SMILES string of the molecule is C=C/C=C\C(=C/C)c1cccc(-n2c3ccccc3c3c2n2c4cc5ccccc5cc4c4c2n3-c2cccc3c2B4c2c4ccc(CC(C)(C)C)cc4n4c5c(n-3c24)C(C)(C)CCC5(C)C)c1. The summed E-state index contributed by atoms with van der Waals surface area (Å²) in [6.45, 7) is 23.2. The fourth-order valence-electron chi connectivity index (χ4n) is 13.4. The van der Waals surface area contributed by atoms with E-state index in [1.807, 2.05) is 12.2 Å². The molecule has 332 valence electrons. The summed E-state index contributed by atoms with van der Waals surface area (Å²) in [6.07, 6.45) is 11.5. The van der Waals surface area contributed by atoms with Crippen LogP contribution in [0, 0.1) is 5.41 Å². The van der Waals surface area contributed by atoms with Gasteiger partial charge in [0.2, 0.25) is 0 Å². The minimum absolute atomic E-state index is 0.00523. The highest BCUT2D eigenvalue weighted by Crippen LogP contribution is 2.51. The van der Waals surface area contributed by atoms with Crippen molar-refractivity contribution in [1.29, 1.82) is 0 Å². The highest BCUT2D eigenvalue weighted by molar-refractivity contribution is 7.02. The van der Waals surface area contributed by atoms with Crippen molar-refractivity contribution < 1.29 is 0 Å². The Morgan fingerprint density at radius 2 is 1.29 bits per heavy atom. The summed E-state index contributed by atoms with van der Waals surface area (Å²) in [5.74, 6) is 0. The van der Waals surface area contributed by atoms with E-state index in [0.29, 0.717) is 0 Å². The lowest BCUT2D eigenvalue weighted by Crippen LogP contribution is -2.59. The van der Waals surface area contributed by atoms with Crippen molar-refractivity contribution >= 4 is 94.6 Å². The van der Waals surface area contributed by atoms with Crippen molar-refractivity contribution in [2.45, 2.75) is 85.5 Å². The maximum atomic E-state index is 3.97. The van der Waals surface area contributed by atoms with Crippen LogP contribution in [0.5, 0.6) is 0 Å². The highest BCUT2D eigenvalue weighted by Gasteiger charge is 2.50. The fraction of sp³-hybridized carbons (Fsp3) is 0.226. The number of para-hydroxylation sites is 1. The molecule has 6 heteroatoms. The first-order valence-corrected chi connectivity index (χ1v) is 24.7. The Morgan fingerprint density at radius 1 is 0.618 bits per heavy atom. The van der Waals surface area contributed by atoms with Crippen LogP contribution in [-0.2, 0) is 17.3 Å². The molecule has 0 N–H and O–H groups in total. The Balaban J connectivity index is 1.20. The van der Waals surface area contributed by atoms with E-state index in [1.54, 1.807) is 0 Å². The van der Waals surface area contributed by atoms with Gasteiger partial charge in [-0.1, -0.05) is 152 Å². The summed E-state index contributed by atoms with van der Waals surface area (Å²) in [4.78, 5) is 0. The van der Waals surface area contributed by atoms with Crippen LogP contribution in [0.25, 0.3) is 88.6 Å². The van der Waals surface area contributed by atoms with Crippen LogP contribution in [-0.4, -0.2) is 29.2 Å². The van der Waals surface area contributed by atoms with Gasteiger partial charge in [0.05, 0.1) is 33.5 Å². The number of aromatic nitrogens is 5. The molecule has 7 heterocycles. The third-order valence-corrected chi connectivity index (χ3v) is 16.2. The summed E-state index contributed by atoms with van der Waals surface area (Å²) < 4.78 is 13.4. The van der Waals surface area contributed by atoms with Crippen molar-refractivity contribution in [3.05, 3.63) is 175 Å². The molecule has 6 aromatic carbocycles. The van der Waals surface area contributed by atoms with Gasteiger partial charge in [-0.2, -0.15) is 0 Å². The predicted octanol–water partition coefficient (Wildman–Crippen LogP) is 13.6. The van der Waals surface area contributed by atoms with Crippen LogP contribution in [0.2, 0.25) is 0 Å². The molecule has 5 aromatic heterocycles. The first-order chi connectivity index (χ1) is 32.8. The van der Waals surface area contributed by atoms with Crippen molar-refractivity contribution in [1.82, 2.24) is 22.5 Å². The Kier molecular flexibility index (Phi) is 7.80. The lowest BCUT2D eigenvalue weighted by Gasteiger charge is -2.41. The van der Waals surface area contributed by atoms with Crippen LogP contribution < -0.4 is 16.4 Å². The summed E-state index contributed by atoms with van der Waals surface area (Å²) in [5, 5.41) is 6.44. The number of hydrogen-bond acceptors (Lipinski definition) is 0. The highest BCUT2D eigenvalue weighted by atomic mass is 15.2. The van der Waals surface area contributed by atoms with E-state index < -0.39 is 0 Å². The molecule has 0 fully saturated rings. The van der Waals surface area contributed by atoms with Gasteiger partial charge < -0.3 is 0 Å². The summed E-state index contributed by atoms with van der Waals surface area (Å²) >= 11 is 0. The maximum absolute atomic E-state index is 3.97. The third kappa shape index (κ3) is 5.03. The quantitative estimate of drug-likeness (QED) is 0.121. The molecule has 1 aliphatic carbocycles. The van der Waals surface area contributed by atoms with Gasteiger partial charge in [-0.15, -0.1) is 0 Å². The van der Waals surface area contributed by atoms with Crippen LogP contribution >= 0.6 is 0 Å². The molecule has 3 aliphatic rings. The molecule has 2 aliphatic heterocycles. The smallest absolute Gasteiger partial charge is 0.258 e. The van der Waals surface area contributed by atoms with Gasteiger partial charge in [-0.25, -0.2) is 0 Å². The lowest BCUT2D eigenvalue weighted by atomic mass is 9.34. The van der Waals surface area contributed by atoms with E-state index in [0.717, 1.165) is 30.5 Å². The molecule has 0 spiro atoms. The fourth-order valence-corrected chi connectivity index (χ4v) is 13.4. The zero-order valence-electron chi connectivity index (χ0n) is 40.5. The van der Waals surface area contributed by atoms with Crippen molar-refractivity contribution in [2.24, 2.45) is 5.41 Å². The average Bonchev–Trinajstić information content (AvgIpc) is 4.11. The number of nitrogens with zero attached hydrogens (tertiary/aromatic N) is 5. The van der Waals surface area contributed by atoms with E-state index in [9.17, 15) is 0 Å². The normalized spacial score (nSPS) is 16.2. The first kappa shape index (κ1) is 39.9. The monoisotopic (exact) mass is 881 g/mol. The van der Waals surface area contributed by atoms with E-state index >= 15 is 0 Å². The molecular formula is C62H56BN5. The van der Waals surface area contributed by atoms with Crippen LogP contribution in [0.1, 0.15) is 90.7 Å². The molecule has 0 saturated heterocycles. The van der Waals surface area contributed by atoms with Gasteiger partial charge in [0, 0.05) is 33.3 Å². The number of fused-ring (bicyclic) bond motifs is 19. The molecule has 0 unspecified atom stereocenters. The summed E-state index contributed by atoms with van der Waals surface area (Å²) in [5.41, 5.74) is 23.6. The first-order valence-electron chi connectivity index (χ1n) is 24.7. The molecule has 11 aromatic rings. The van der Waals surface area contributed by atoms with Gasteiger partial charge >= 0.3 is 0 Å². The van der Waals surface area contributed by atoms with Crippen molar-refractivity contribution in [3.63, 3.8) is 0 Å². The summed E-state index contributed by atoms with van der Waals surface area (Å²) in [7, 11) is 0. The maximum Gasteiger partial charge on any atom is 0.258 e. The van der Waals surface area contributed by atoms with Crippen molar-refractivity contribution in [2.75, 3.05) is 0 Å². The van der Waals surface area contributed by atoms with E-state index in [1.165, 1.54) is 116 Å². The topological polar surface area (TPSA) is 23.6 Å². The van der Waals surface area contributed by atoms with Gasteiger partial charge in [0.1, 0.15) is 16.9 Å². The molecule has 68 heavy (non-hydrogen) atoms. The zero-order valence-corrected chi connectivity index (χ0v) is 40.5. The van der Waals surface area contributed by atoms with Crippen LogP contribution in [0.3, 0.4) is 0 Å². The van der Waals surface area contributed by atoms with Gasteiger partial charge in [-0.3, -0.25) is 22.5 Å². The molecule has 0 radical (unpaired) electrons. The predicted molar refractivity (Wildman–Crippen MR) is 290 cm³/mol. The number of rotatable bonds is 5. The second-order valence-electron chi connectivity index (χ2n) is 22.6. The minimum atomic E-state index is -0.0299. The van der Waals surface area contributed by atoms with Gasteiger partial charge in [0.15, 0.2) is 0 Å². The number of hydrogen-bond donors (Lipinski definition) is 0. The molecule has 0 saturated carbocycles. The zero-order chi connectivity index (χ0) is 46.3. The molecule has 0 atom stereocenters. The summed E-state index contributed by atoms with van der Waals surface area (Å²) in [6, 6.07) is 46.8. The largest absolute Gasteiger partial charge is 0.298 e. The Bertz CT molecular complexity index is 4140. The second-order valence-corrected chi connectivity index (χ2v) is 22.6. The van der Waals surface area contributed by atoms with Crippen LogP contribution in [0.4, 0.5) is 0 Å². The van der Waals surface area contributed by atoms with E-state index in [2.05, 4.69) is 218 Å². The van der Waals surface area contributed by atoms with Crippen LogP contribution in [0.15, 0.2) is 152 Å². The number of benzene rings is 6. The standard InChI is InChI=1S/C62H56BN5/c1-10-12-19-38(11-2)39-22-17-23-42(33-39)64-46-25-16-15-24-44(46)54-59(64)68-50-35-41-21-14-13-20-40(41)34-45(50)52-57(68)65(54)47-26-18-27-48-53(47)63(52)51-43-29-28-37(36-60(3,4)5)32-49(43)67-56-55(66(48)58(51)67)61(6,7)30-31-62(56,8)9/h10-29,32-35H,1,30-31,36H2,2-9H3/b19-12-,38-11+. The Labute approximate surface area is 398 Å². The minimum Gasteiger partial charge on any atom is -0.298 e. The molecular weight excluding hydrogens is 826 g/mol. The van der Waals surface area contributed by atoms with E-state index in [-0.39, 0.29) is 23.0 Å². The molecule has 5 nitrogen and oxygen atoms in total. The average molecular weight is 882 g/mol. The third-order valence-electron chi connectivity index (χ3n) is 16.2. The molecule has 0 amide bonds. The Hall–Kier alpha value is -7.18. The Morgan fingerprint density at radius 3 is 2.06 bits per heavy atom. The molecule has 14 rings (SSSR count). The van der Waals surface area contributed by atoms with Gasteiger partial charge in [0.25, 0.3) is 6.71 Å². The molecule has 0 bridgehead atoms. The van der Waals surface area contributed by atoms with Gasteiger partial charge in [-0.05, 0) is 135 Å². The van der Waals surface area contributed by atoms with E-state index in [4.69, 9.17) is 0 Å². The number of imidazole rings is 2. The number of allylic oxidation sites excluding steroid dienone is 5. The lowest BCUT2D eigenvalue weighted by molar-refractivity contribution is 0.315. The second kappa shape index (κ2) is 13.3.